The molecule has 0 aromatic heterocycles. The lowest BCUT2D eigenvalue weighted by Crippen LogP contribution is -2.64. The lowest BCUT2D eigenvalue weighted by atomic mass is 9.69. The summed E-state index contributed by atoms with van der Waals surface area (Å²) >= 11 is 0. The monoisotopic (exact) mass is 284 g/mol. The van der Waals surface area contributed by atoms with Crippen LogP contribution in [0.15, 0.2) is 0 Å². The van der Waals surface area contributed by atoms with Gasteiger partial charge in [-0.3, -0.25) is 9.59 Å². The highest BCUT2D eigenvalue weighted by Gasteiger charge is 2.61. The highest BCUT2D eigenvalue weighted by atomic mass is 16.7. The summed E-state index contributed by atoms with van der Waals surface area (Å²) in [5.74, 6) is -2.43. The number of fused-ring (bicyclic) bond motifs is 1. The van der Waals surface area contributed by atoms with Crippen molar-refractivity contribution < 1.29 is 24.2 Å². The molecular formula is C15H24O5. The van der Waals surface area contributed by atoms with E-state index in [-0.39, 0.29) is 30.6 Å². The maximum Gasteiger partial charge on any atom is 0.308 e. The van der Waals surface area contributed by atoms with E-state index in [4.69, 9.17) is 9.47 Å². The molecule has 0 spiro atoms. The van der Waals surface area contributed by atoms with Gasteiger partial charge in [0.25, 0.3) is 5.79 Å². The maximum absolute atomic E-state index is 12.0. The number of rotatable bonds is 1. The molecule has 1 saturated carbocycles. The van der Waals surface area contributed by atoms with Crippen molar-refractivity contribution in [2.45, 2.75) is 70.7 Å². The molecule has 0 bridgehead atoms. The molecule has 5 heteroatoms. The molecule has 1 aliphatic carbocycles. The van der Waals surface area contributed by atoms with Crippen molar-refractivity contribution in [1.82, 2.24) is 0 Å². The van der Waals surface area contributed by atoms with Gasteiger partial charge in [0.2, 0.25) is 0 Å². The van der Waals surface area contributed by atoms with Crippen molar-refractivity contribution in [3.05, 3.63) is 0 Å². The molecule has 1 saturated heterocycles. The van der Waals surface area contributed by atoms with E-state index in [0.29, 0.717) is 19.3 Å². The minimum Gasteiger partial charge on any atom is -0.452 e. The van der Waals surface area contributed by atoms with Crippen molar-refractivity contribution in [2.75, 3.05) is 0 Å². The fourth-order valence-corrected chi connectivity index (χ4v) is 3.39. The zero-order valence-electron chi connectivity index (χ0n) is 12.5. The van der Waals surface area contributed by atoms with Gasteiger partial charge in [-0.1, -0.05) is 20.8 Å². The number of carbonyl (C=O) groups excluding carboxylic acids is 2. The van der Waals surface area contributed by atoms with E-state index < -0.39 is 17.4 Å². The van der Waals surface area contributed by atoms with Gasteiger partial charge in [0.1, 0.15) is 0 Å². The molecule has 0 amide bonds. The Morgan fingerprint density at radius 1 is 1.20 bits per heavy atom. The second-order valence-corrected chi connectivity index (χ2v) is 6.48. The quantitative estimate of drug-likeness (QED) is 0.747. The molecule has 20 heavy (non-hydrogen) atoms. The van der Waals surface area contributed by atoms with Gasteiger partial charge in [0.05, 0.1) is 0 Å². The zero-order valence-corrected chi connectivity index (χ0v) is 12.5. The second kappa shape index (κ2) is 5.35. The van der Waals surface area contributed by atoms with Crippen LogP contribution in [0.4, 0.5) is 0 Å². The number of aliphatic hydroxyl groups is 1. The van der Waals surface area contributed by atoms with E-state index in [1.807, 2.05) is 20.8 Å². The summed E-state index contributed by atoms with van der Waals surface area (Å²) in [5.41, 5.74) is -1.13. The van der Waals surface area contributed by atoms with E-state index >= 15 is 0 Å². The first kappa shape index (κ1) is 15.3. The third-order valence-corrected chi connectivity index (χ3v) is 4.57. The van der Waals surface area contributed by atoms with Crippen LogP contribution in [-0.4, -0.2) is 28.4 Å². The number of esters is 2. The Balaban J connectivity index is 2.44. The van der Waals surface area contributed by atoms with Crippen molar-refractivity contribution in [1.29, 1.82) is 0 Å². The summed E-state index contributed by atoms with van der Waals surface area (Å²) in [6.07, 6.45) is 2.39. The Hall–Kier alpha value is -1.10. The normalized spacial score (nSPS) is 39.1. The average molecular weight is 284 g/mol. The molecule has 0 aromatic rings. The Labute approximate surface area is 119 Å². The summed E-state index contributed by atoms with van der Waals surface area (Å²) < 4.78 is 11.0. The fraction of sp³-hybridized carbons (Fsp3) is 0.867. The zero-order chi connectivity index (χ0) is 15.0. The highest BCUT2D eigenvalue weighted by Crippen LogP contribution is 2.48. The minimum absolute atomic E-state index is 0.130. The molecule has 3 atom stereocenters. The second-order valence-electron chi connectivity index (χ2n) is 6.48. The summed E-state index contributed by atoms with van der Waals surface area (Å²) in [6, 6.07) is 0. The largest absolute Gasteiger partial charge is 0.452 e. The van der Waals surface area contributed by atoms with Gasteiger partial charge in [0.15, 0.2) is 5.60 Å². The molecule has 0 radical (unpaired) electrons. The van der Waals surface area contributed by atoms with Crippen molar-refractivity contribution >= 4 is 11.9 Å². The molecule has 0 unspecified atom stereocenters. The molecule has 2 fully saturated rings. The molecule has 1 N–H and O–H groups in total. The van der Waals surface area contributed by atoms with Gasteiger partial charge in [0, 0.05) is 19.3 Å². The molecule has 2 aliphatic rings. The molecule has 2 rings (SSSR count). The van der Waals surface area contributed by atoms with Crippen LogP contribution < -0.4 is 0 Å². The van der Waals surface area contributed by atoms with Crippen LogP contribution in [0.5, 0.6) is 0 Å². The van der Waals surface area contributed by atoms with E-state index in [0.717, 1.165) is 6.42 Å². The number of ether oxygens (including phenoxy) is 2. The SMILES string of the molecule is CC(C)[C@@]12CC[C@@H](C)C[C@@]1(O)OC(=O)CCCC(=O)O2. The topological polar surface area (TPSA) is 72.8 Å². The summed E-state index contributed by atoms with van der Waals surface area (Å²) in [6.45, 7) is 5.78. The van der Waals surface area contributed by atoms with Gasteiger partial charge in [-0.2, -0.15) is 0 Å². The maximum atomic E-state index is 12.0. The van der Waals surface area contributed by atoms with Crippen LogP contribution in [0, 0.1) is 11.8 Å². The van der Waals surface area contributed by atoms with E-state index in [9.17, 15) is 14.7 Å². The number of hydrogen-bond donors (Lipinski definition) is 1. The van der Waals surface area contributed by atoms with E-state index in [1.165, 1.54) is 0 Å². The lowest BCUT2D eigenvalue weighted by Gasteiger charge is -2.51. The predicted octanol–water partition coefficient (Wildman–Crippen LogP) is 2.16. The number of carbonyl (C=O) groups is 2. The molecule has 1 heterocycles. The van der Waals surface area contributed by atoms with Gasteiger partial charge >= 0.3 is 11.9 Å². The van der Waals surface area contributed by atoms with Gasteiger partial charge in [-0.05, 0) is 31.1 Å². The summed E-state index contributed by atoms with van der Waals surface area (Å²) in [4.78, 5) is 23.9. The standard InChI is InChI=1S/C15H24O5/c1-10(2)14-8-7-11(3)9-15(14,18)20-13(17)6-4-5-12(16)19-14/h10-11,18H,4-9H2,1-3H3/t11-,14+,15-/m1/s1. The van der Waals surface area contributed by atoms with Crippen LogP contribution in [0.3, 0.4) is 0 Å². The van der Waals surface area contributed by atoms with E-state index in [2.05, 4.69) is 0 Å². The first-order valence-corrected chi connectivity index (χ1v) is 7.45. The average Bonchev–Trinajstić information content (AvgIpc) is 2.35. The van der Waals surface area contributed by atoms with Gasteiger partial charge < -0.3 is 14.6 Å². The number of hydrogen-bond acceptors (Lipinski definition) is 5. The summed E-state index contributed by atoms with van der Waals surface area (Å²) in [7, 11) is 0. The van der Waals surface area contributed by atoms with Crippen molar-refractivity contribution in [2.24, 2.45) is 11.8 Å². The third kappa shape index (κ3) is 2.55. The molecule has 1 aliphatic heterocycles. The predicted molar refractivity (Wildman–Crippen MR) is 71.6 cm³/mol. The third-order valence-electron chi connectivity index (χ3n) is 4.57. The first-order chi connectivity index (χ1) is 9.29. The van der Waals surface area contributed by atoms with Crippen LogP contribution in [0.25, 0.3) is 0 Å². The van der Waals surface area contributed by atoms with Crippen LogP contribution in [0.2, 0.25) is 0 Å². The molecule has 114 valence electrons. The molecule has 5 nitrogen and oxygen atoms in total. The Morgan fingerprint density at radius 3 is 2.40 bits per heavy atom. The summed E-state index contributed by atoms with van der Waals surface area (Å²) in [5, 5.41) is 11.0. The Morgan fingerprint density at radius 2 is 1.80 bits per heavy atom. The minimum atomic E-state index is -1.71. The molecule has 0 aromatic carbocycles. The fourth-order valence-electron chi connectivity index (χ4n) is 3.39. The first-order valence-electron chi connectivity index (χ1n) is 7.45. The Bertz CT molecular complexity index is 405. The molecular weight excluding hydrogens is 260 g/mol. The Kier molecular flexibility index (Phi) is 4.09. The smallest absolute Gasteiger partial charge is 0.308 e. The van der Waals surface area contributed by atoms with E-state index in [1.54, 1.807) is 0 Å². The van der Waals surface area contributed by atoms with Crippen LogP contribution in [-0.2, 0) is 19.1 Å². The lowest BCUT2D eigenvalue weighted by molar-refractivity contribution is -0.320. The van der Waals surface area contributed by atoms with Crippen LogP contribution >= 0.6 is 0 Å². The van der Waals surface area contributed by atoms with Gasteiger partial charge in [-0.25, -0.2) is 0 Å². The van der Waals surface area contributed by atoms with Crippen molar-refractivity contribution in [3.63, 3.8) is 0 Å². The van der Waals surface area contributed by atoms with Gasteiger partial charge in [-0.15, -0.1) is 0 Å². The van der Waals surface area contributed by atoms with Crippen molar-refractivity contribution in [3.8, 4) is 0 Å². The van der Waals surface area contributed by atoms with Crippen LogP contribution in [0.1, 0.15) is 59.3 Å². The highest BCUT2D eigenvalue weighted by molar-refractivity contribution is 5.74.